The molecule has 1 aliphatic rings. The first-order valence-corrected chi connectivity index (χ1v) is 7.01. The fraction of sp³-hybridized carbons (Fsp3) is 0.700. The van der Waals surface area contributed by atoms with E-state index >= 15 is 0 Å². The van der Waals surface area contributed by atoms with Crippen LogP contribution in [0.5, 0.6) is 0 Å². The molecule has 10 heteroatoms. The van der Waals surface area contributed by atoms with Crippen LogP contribution in [-0.2, 0) is 28.6 Å². The van der Waals surface area contributed by atoms with E-state index in [9.17, 15) is 26.4 Å². The number of alkyl halides is 3. The predicted octanol–water partition coefficient (Wildman–Crippen LogP) is 1.48. The Labute approximate surface area is 113 Å². The van der Waals surface area contributed by atoms with E-state index in [1.165, 1.54) is 6.92 Å². The van der Waals surface area contributed by atoms with Gasteiger partial charge < -0.3 is 13.7 Å². The molecular weight excluding hydrogens is 305 g/mol. The fourth-order valence-corrected chi connectivity index (χ4v) is 1.98. The van der Waals surface area contributed by atoms with Gasteiger partial charge in [0.2, 0.25) is 0 Å². The van der Waals surface area contributed by atoms with Crippen molar-refractivity contribution >= 4 is 16.1 Å². The van der Waals surface area contributed by atoms with Crippen LogP contribution in [0, 0.1) is 0 Å². The summed E-state index contributed by atoms with van der Waals surface area (Å²) in [6.07, 6.45) is -1.37. The summed E-state index contributed by atoms with van der Waals surface area (Å²) in [6, 6.07) is 0. The number of hydrogen-bond donors (Lipinski definition) is 0. The average Bonchev–Trinajstić information content (AvgIpc) is 2.26. The molecule has 2 atom stereocenters. The molecule has 0 fully saturated rings. The van der Waals surface area contributed by atoms with E-state index in [4.69, 9.17) is 4.74 Å². The third kappa shape index (κ3) is 4.10. The van der Waals surface area contributed by atoms with Gasteiger partial charge in [-0.3, -0.25) is 0 Å². The summed E-state index contributed by atoms with van der Waals surface area (Å²) in [4.78, 5) is 11.5. The highest BCUT2D eigenvalue weighted by molar-refractivity contribution is 7.87. The minimum absolute atomic E-state index is 0.0633. The molecule has 0 aliphatic carbocycles. The summed E-state index contributed by atoms with van der Waals surface area (Å²) in [5.74, 6) is -1.29. The number of esters is 1. The Morgan fingerprint density at radius 1 is 1.50 bits per heavy atom. The van der Waals surface area contributed by atoms with Crippen LogP contribution < -0.4 is 0 Å². The van der Waals surface area contributed by atoms with Crippen molar-refractivity contribution in [1.29, 1.82) is 0 Å². The maximum Gasteiger partial charge on any atom is 0.534 e. The van der Waals surface area contributed by atoms with Gasteiger partial charge in [-0.2, -0.15) is 21.6 Å². The molecule has 20 heavy (non-hydrogen) atoms. The zero-order valence-corrected chi connectivity index (χ0v) is 11.5. The van der Waals surface area contributed by atoms with Gasteiger partial charge in [-0.05, 0) is 19.9 Å². The van der Waals surface area contributed by atoms with Crippen molar-refractivity contribution in [2.45, 2.75) is 38.0 Å². The van der Waals surface area contributed by atoms with Gasteiger partial charge in [0.25, 0.3) is 0 Å². The lowest BCUT2D eigenvalue weighted by Crippen LogP contribution is -2.35. The van der Waals surface area contributed by atoms with Gasteiger partial charge in [-0.1, -0.05) is 0 Å². The van der Waals surface area contributed by atoms with Crippen molar-refractivity contribution in [2.75, 3.05) is 6.61 Å². The summed E-state index contributed by atoms with van der Waals surface area (Å²) >= 11 is 0. The first-order valence-electron chi connectivity index (χ1n) is 5.60. The SMILES string of the molecule is CCOC(=O)C1CC(OS(=O)(=O)C(F)(F)F)=C[C@H](C)O1. The van der Waals surface area contributed by atoms with Crippen molar-refractivity contribution in [3.8, 4) is 0 Å². The summed E-state index contributed by atoms with van der Waals surface area (Å²) in [5, 5.41) is 0. The van der Waals surface area contributed by atoms with Gasteiger partial charge in [-0.25, -0.2) is 4.79 Å². The van der Waals surface area contributed by atoms with Gasteiger partial charge in [0, 0.05) is 6.42 Å². The summed E-state index contributed by atoms with van der Waals surface area (Å²) in [7, 11) is -5.76. The Kier molecular flexibility index (Phi) is 5.03. The first kappa shape index (κ1) is 16.8. The third-order valence-corrected chi connectivity index (χ3v) is 3.24. The highest BCUT2D eigenvalue weighted by atomic mass is 32.2. The molecule has 0 spiro atoms. The number of rotatable bonds is 4. The second-order valence-electron chi connectivity index (χ2n) is 3.90. The maximum absolute atomic E-state index is 12.2. The van der Waals surface area contributed by atoms with Crippen LogP contribution in [-0.4, -0.2) is 38.7 Å². The predicted molar refractivity (Wildman–Crippen MR) is 59.7 cm³/mol. The number of carbonyl (C=O) groups is 1. The normalized spacial score (nSPS) is 23.9. The molecule has 1 rings (SSSR count). The molecule has 6 nitrogen and oxygen atoms in total. The summed E-state index contributed by atoms with van der Waals surface area (Å²) in [6.45, 7) is 3.04. The van der Waals surface area contributed by atoms with Crippen molar-refractivity contribution in [3.05, 3.63) is 11.8 Å². The topological polar surface area (TPSA) is 78.9 Å². The lowest BCUT2D eigenvalue weighted by atomic mass is 10.1. The Hall–Kier alpha value is -1.29. The molecule has 1 aliphatic heterocycles. The van der Waals surface area contributed by atoms with Gasteiger partial charge in [0.05, 0.1) is 12.7 Å². The van der Waals surface area contributed by atoms with Crippen LogP contribution >= 0.6 is 0 Å². The smallest absolute Gasteiger partial charge is 0.464 e. The summed E-state index contributed by atoms with van der Waals surface area (Å²) < 4.78 is 72.1. The van der Waals surface area contributed by atoms with Gasteiger partial charge in [0.1, 0.15) is 5.76 Å². The van der Waals surface area contributed by atoms with Crippen LogP contribution in [0.2, 0.25) is 0 Å². The van der Waals surface area contributed by atoms with E-state index in [0.29, 0.717) is 0 Å². The van der Waals surface area contributed by atoms with Crippen LogP contribution in [0.25, 0.3) is 0 Å². The lowest BCUT2D eigenvalue weighted by molar-refractivity contribution is -0.160. The van der Waals surface area contributed by atoms with Gasteiger partial charge in [0.15, 0.2) is 6.10 Å². The number of hydrogen-bond acceptors (Lipinski definition) is 6. The molecule has 0 saturated heterocycles. The largest absolute Gasteiger partial charge is 0.534 e. The molecule has 0 N–H and O–H groups in total. The molecule has 0 saturated carbocycles. The Morgan fingerprint density at radius 3 is 2.60 bits per heavy atom. The maximum atomic E-state index is 12.2. The van der Waals surface area contributed by atoms with E-state index in [0.717, 1.165) is 6.08 Å². The van der Waals surface area contributed by atoms with E-state index in [1.807, 2.05) is 0 Å². The molecular formula is C10H13F3O6S. The highest BCUT2D eigenvalue weighted by Crippen LogP contribution is 2.30. The number of carbonyl (C=O) groups excluding carboxylic acids is 1. The second-order valence-corrected chi connectivity index (χ2v) is 5.44. The van der Waals surface area contributed by atoms with Crippen molar-refractivity contribution < 1.29 is 40.0 Å². The summed E-state index contributed by atoms with van der Waals surface area (Å²) in [5.41, 5.74) is -5.53. The number of ether oxygens (including phenoxy) is 2. The third-order valence-electron chi connectivity index (χ3n) is 2.24. The van der Waals surface area contributed by atoms with Gasteiger partial charge >= 0.3 is 21.6 Å². The molecule has 0 bridgehead atoms. The highest BCUT2D eigenvalue weighted by Gasteiger charge is 2.49. The molecule has 0 aromatic rings. The van der Waals surface area contributed by atoms with E-state index < -0.39 is 46.0 Å². The minimum atomic E-state index is -5.76. The van der Waals surface area contributed by atoms with Crippen LogP contribution in [0.1, 0.15) is 20.3 Å². The van der Waals surface area contributed by atoms with E-state index in [2.05, 4.69) is 8.92 Å². The fourth-order valence-electron chi connectivity index (χ4n) is 1.48. The zero-order chi connectivity index (χ0) is 15.6. The Bertz CT molecular complexity index is 496. The number of halogens is 3. The Balaban J connectivity index is 2.84. The monoisotopic (exact) mass is 318 g/mol. The molecule has 0 radical (unpaired) electrons. The van der Waals surface area contributed by atoms with Crippen molar-refractivity contribution in [3.63, 3.8) is 0 Å². The molecule has 116 valence electrons. The van der Waals surface area contributed by atoms with E-state index in [1.54, 1.807) is 6.92 Å². The van der Waals surface area contributed by atoms with E-state index in [-0.39, 0.29) is 6.61 Å². The molecule has 0 aromatic carbocycles. The molecule has 0 aromatic heterocycles. The molecule has 0 amide bonds. The van der Waals surface area contributed by atoms with Crippen LogP contribution in [0.3, 0.4) is 0 Å². The van der Waals surface area contributed by atoms with Crippen LogP contribution in [0.15, 0.2) is 11.8 Å². The zero-order valence-electron chi connectivity index (χ0n) is 10.6. The first-order chi connectivity index (χ1) is 9.06. The second kappa shape index (κ2) is 6.00. The lowest BCUT2D eigenvalue weighted by Gasteiger charge is -2.25. The standard InChI is InChI=1S/C10H13F3O6S/c1-3-17-9(14)8-5-7(4-6(2)18-8)19-20(15,16)10(11,12)13/h4,6,8H,3,5H2,1-2H3/t6-,8?/m0/s1. The quantitative estimate of drug-likeness (QED) is 0.444. The molecule has 1 unspecified atom stereocenters. The average molecular weight is 318 g/mol. The molecule has 1 heterocycles. The van der Waals surface area contributed by atoms with Crippen molar-refractivity contribution in [2.24, 2.45) is 0 Å². The van der Waals surface area contributed by atoms with Crippen molar-refractivity contribution in [1.82, 2.24) is 0 Å². The minimum Gasteiger partial charge on any atom is -0.464 e. The van der Waals surface area contributed by atoms with Crippen LogP contribution in [0.4, 0.5) is 13.2 Å². The van der Waals surface area contributed by atoms with Gasteiger partial charge in [-0.15, -0.1) is 0 Å². The Morgan fingerprint density at radius 2 is 2.10 bits per heavy atom.